The van der Waals surface area contributed by atoms with Crippen LogP contribution in [0.2, 0.25) is 0 Å². The lowest BCUT2D eigenvalue weighted by molar-refractivity contribution is -0.132. The number of Topliss-reactive ketones (excluding diaryl/α,β-unsaturated/α-hetero) is 1. The lowest BCUT2D eigenvalue weighted by Gasteiger charge is -2.25. The van der Waals surface area contributed by atoms with Gasteiger partial charge in [0.15, 0.2) is 0 Å². The van der Waals surface area contributed by atoms with Gasteiger partial charge < -0.3 is 15.2 Å². The Hall–Kier alpha value is -4.46. The van der Waals surface area contributed by atoms with Crippen LogP contribution in [0.4, 0.5) is 11.4 Å². The number of carbonyl (C=O) groups excluding carboxylic acids is 3. The third-order valence-corrected chi connectivity index (χ3v) is 6.08. The van der Waals surface area contributed by atoms with Crippen molar-refractivity contribution < 1.29 is 24.2 Å². The summed E-state index contributed by atoms with van der Waals surface area (Å²) in [6, 6.07) is 14.4. The van der Waals surface area contributed by atoms with Gasteiger partial charge >= 0.3 is 0 Å². The van der Waals surface area contributed by atoms with E-state index in [0.29, 0.717) is 28.9 Å². The number of hydrogen-bond donors (Lipinski definition) is 2. The number of nitrogens with one attached hydrogen (secondary N) is 1. The average Bonchev–Trinajstić information content (AvgIpc) is 3.34. The monoisotopic (exact) mass is 469 g/mol. The molecule has 5 rings (SSSR count). The maximum Gasteiger partial charge on any atom is 0.300 e. The number of benzene rings is 2. The zero-order chi connectivity index (χ0) is 24.7. The molecular formula is C27H23N3O5. The first-order valence-corrected chi connectivity index (χ1v) is 11.2. The van der Waals surface area contributed by atoms with Crippen molar-refractivity contribution in [3.05, 3.63) is 89.3 Å². The fourth-order valence-electron chi connectivity index (χ4n) is 4.62. The van der Waals surface area contributed by atoms with Crippen LogP contribution in [0, 0.1) is 0 Å². The molecule has 2 N–H and O–H groups in total. The number of rotatable bonds is 4. The molecule has 176 valence electrons. The molecule has 0 radical (unpaired) electrons. The molecular weight excluding hydrogens is 446 g/mol. The second-order valence-corrected chi connectivity index (χ2v) is 8.64. The van der Waals surface area contributed by atoms with E-state index in [9.17, 15) is 19.5 Å². The van der Waals surface area contributed by atoms with Gasteiger partial charge in [-0.1, -0.05) is 6.07 Å². The minimum atomic E-state index is -0.881. The van der Waals surface area contributed by atoms with E-state index in [1.165, 1.54) is 11.8 Å². The molecule has 1 fully saturated rings. The van der Waals surface area contributed by atoms with Crippen LogP contribution in [-0.4, -0.2) is 33.8 Å². The number of aliphatic hydroxyl groups is 1. The SMILES string of the molecule is CC(=O)Nc1cccc(N2C(=O)C(=O)/C(=C(\O)c3ccc4c(c3)CC(C)O4)C2c2ccncc2)c1. The van der Waals surface area contributed by atoms with Crippen molar-refractivity contribution in [1.29, 1.82) is 0 Å². The molecule has 8 nitrogen and oxygen atoms in total. The Kier molecular flexibility index (Phi) is 5.56. The van der Waals surface area contributed by atoms with Crippen LogP contribution in [0.25, 0.3) is 5.76 Å². The maximum absolute atomic E-state index is 13.3. The highest BCUT2D eigenvalue weighted by atomic mass is 16.5. The van der Waals surface area contributed by atoms with E-state index in [-0.39, 0.29) is 23.3 Å². The summed E-state index contributed by atoms with van der Waals surface area (Å²) in [6.07, 6.45) is 3.85. The first kappa shape index (κ1) is 22.3. The van der Waals surface area contributed by atoms with Crippen LogP contribution in [0.5, 0.6) is 5.75 Å². The maximum atomic E-state index is 13.3. The Morgan fingerprint density at radius 3 is 2.63 bits per heavy atom. The lowest BCUT2D eigenvalue weighted by Crippen LogP contribution is -2.29. The Morgan fingerprint density at radius 2 is 1.89 bits per heavy atom. The predicted molar refractivity (Wildman–Crippen MR) is 130 cm³/mol. The Morgan fingerprint density at radius 1 is 1.11 bits per heavy atom. The van der Waals surface area contributed by atoms with Gasteiger partial charge in [0.05, 0.1) is 11.6 Å². The normalized spacial score (nSPS) is 20.5. The molecule has 2 atom stereocenters. The number of aliphatic hydroxyl groups excluding tert-OH is 1. The summed E-state index contributed by atoms with van der Waals surface area (Å²) in [5.41, 5.74) is 2.86. The van der Waals surface area contributed by atoms with Gasteiger partial charge in [-0.05, 0) is 66.6 Å². The standard InChI is InChI=1S/C27H23N3O5/c1-15-12-19-13-18(6-7-22(19)35-15)25(32)23-24(17-8-10-28-11-9-17)30(27(34)26(23)33)21-5-3-4-20(14-21)29-16(2)31/h3-11,13-15,24,32H,12H2,1-2H3,(H,29,31)/b25-23-. The molecule has 0 aliphatic carbocycles. The van der Waals surface area contributed by atoms with Crippen molar-refractivity contribution >= 4 is 34.7 Å². The van der Waals surface area contributed by atoms with E-state index in [2.05, 4.69) is 10.3 Å². The molecule has 2 aliphatic heterocycles. The molecule has 2 aromatic carbocycles. The number of amides is 2. The largest absolute Gasteiger partial charge is 0.507 e. The summed E-state index contributed by atoms with van der Waals surface area (Å²) < 4.78 is 5.75. The third-order valence-electron chi connectivity index (χ3n) is 6.08. The molecule has 8 heteroatoms. The summed E-state index contributed by atoms with van der Waals surface area (Å²) >= 11 is 0. The van der Waals surface area contributed by atoms with Crippen LogP contribution < -0.4 is 15.0 Å². The number of aromatic nitrogens is 1. The number of fused-ring (bicyclic) bond motifs is 1. The van der Waals surface area contributed by atoms with E-state index in [1.54, 1.807) is 67.0 Å². The van der Waals surface area contributed by atoms with E-state index < -0.39 is 17.7 Å². The number of ether oxygens (including phenoxy) is 1. The topological polar surface area (TPSA) is 109 Å². The Balaban J connectivity index is 1.66. The molecule has 2 unspecified atom stereocenters. The van der Waals surface area contributed by atoms with Crippen LogP contribution >= 0.6 is 0 Å². The van der Waals surface area contributed by atoms with Crippen molar-refractivity contribution in [1.82, 2.24) is 4.98 Å². The average molecular weight is 469 g/mol. The highest BCUT2D eigenvalue weighted by Gasteiger charge is 2.47. The van der Waals surface area contributed by atoms with Crippen molar-refractivity contribution in [3.63, 3.8) is 0 Å². The first-order valence-electron chi connectivity index (χ1n) is 11.2. The van der Waals surface area contributed by atoms with Crippen LogP contribution in [-0.2, 0) is 20.8 Å². The fraction of sp³-hybridized carbons (Fsp3) is 0.185. The van der Waals surface area contributed by atoms with E-state index >= 15 is 0 Å². The number of nitrogens with zero attached hydrogens (tertiary/aromatic N) is 2. The van der Waals surface area contributed by atoms with Crippen LogP contribution in [0.1, 0.15) is 36.6 Å². The van der Waals surface area contributed by atoms with Crippen LogP contribution in [0.15, 0.2) is 72.6 Å². The highest BCUT2D eigenvalue weighted by Crippen LogP contribution is 2.43. The summed E-state index contributed by atoms with van der Waals surface area (Å²) in [4.78, 5) is 43.6. The Labute approximate surface area is 201 Å². The quantitative estimate of drug-likeness (QED) is 0.340. The number of pyridine rings is 1. The van der Waals surface area contributed by atoms with Crippen molar-refractivity contribution in [2.24, 2.45) is 0 Å². The smallest absolute Gasteiger partial charge is 0.300 e. The molecule has 0 saturated carbocycles. The number of anilines is 2. The van der Waals surface area contributed by atoms with Crippen molar-refractivity contribution in [2.45, 2.75) is 32.4 Å². The van der Waals surface area contributed by atoms with Gasteiger partial charge in [-0.2, -0.15) is 0 Å². The summed E-state index contributed by atoms with van der Waals surface area (Å²) in [6.45, 7) is 3.35. The van der Waals surface area contributed by atoms with Gasteiger partial charge in [0, 0.05) is 42.7 Å². The lowest BCUT2D eigenvalue weighted by atomic mass is 9.95. The molecule has 3 heterocycles. The van der Waals surface area contributed by atoms with Gasteiger partial charge in [-0.15, -0.1) is 0 Å². The molecule has 1 saturated heterocycles. The fourth-order valence-corrected chi connectivity index (χ4v) is 4.62. The van der Waals surface area contributed by atoms with Crippen LogP contribution in [0.3, 0.4) is 0 Å². The molecule has 35 heavy (non-hydrogen) atoms. The number of carbonyl (C=O) groups is 3. The second kappa shape index (κ2) is 8.72. The van der Waals surface area contributed by atoms with Gasteiger partial charge in [-0.25, -0.2) is 0 Å². The van der Waals surface area contributed by atoms with E-state index in [0.717, 1.165) is 11.3 Å². The van der Waals surface area contributed by atoms with Gasteiger partial charge in [0.1, 0.15) is 17.6 Å². The minimum absolute atomic E-state index is 0.0157. The Bertz CT molecular complexity index is 1380. The molecule has 1 aromatic heterocycles. The zero-order valence-electron chi connectivity index (χ0n) is 19.2. The first-order chi connectivity index (χ1) is 16.8. The van der Waals surface area contributed by atoms with Gasteiger partial charge in [0.25, 0.3) is 11.7 Å². The zero-order valence-corrected chi connectivity index (χ0v) is 19.2. The van der Waals surface area contributed by atoms with Crippen molar-refractivity contribution in [3.8, 4) is 5.75 Å². The molecule has 3 aromatic rings. The predicted octanol–water partition coefficient (Wildman–Crippen LogP) is 3.99. The molecule has 2 aliphatic rings. The van der Waals surface area contributed by atoms with E-state index in [1.807, 2.05) is 6.92 Å². The van der Waals surface area contributed by atoms with Gasteiger partial charge in [0.2, 0.25) is 5.91 Å². The summed E-state index contributed by atoms with van der Waals surface area (Å²) in [7, 11) is 0. The number of hydrogen-bond acceptors (Lipinski definition) is 6. The third kappa shape index (κ3) is 4.03. The number of ketones is 1. The second-order valence-electron chi connectivity index (χ2n) is 8.64. The van der Waals surface area contributed by atoms with Gasteiger partial charge in [-0.3, -0.25) is 24.3 Å². The van der Waals surface area contributed by atoms with E-state index in [4.69, 9.17) is 4.74 Å². The minimum Gasteiger partial charge on any atom is -0.507 e. The summed E-state index contributed by atoms with van der Waals surface area (Å²) in [5, 5.41) is 14.0. The summed E-state index contributed by atoms with van der Waals surface area (Å²) in [5.74, 6) is -1.33. The molecule has 0 bridgehead atoms. The highest BCUT2D eigenvalue weighted by molar-refractivity contribution is 6.51. The molecule has 2 amide bonds. The molecule has 0 spiro atoms. The van der Waals surface area contributed by atoms with Crippen molar-refractivity contribution in [2.75, 3.05) is 10.2 Å².